The second-order valence-corrected chi connectivity index (χ2v) is 9.01. The third kappa shape index (κ3) is 5.10. The molecule has 0 spiro atoms. The van der Waals surface area contributed by atoms with Crippen molar-refractivity contribution in [3.63, 3.8) is 0 Å². The van der Waals surface area contributed by atoms with Gasteiger partial charge in [-0.1, -0.05) is 30.3 Å². The molecule has 4 rings (SSSR count). The maximum atomic E-state index is 13.6. The number of carboxylic acids is 1. The average Bonchev–Trinajstić information content (AvgIpc) is 2.88. The Morgan fingerprint density at radius 3 is 2.28 bits per heavy atom. The zero-order valence-electron chi connectivity index (χ0n) is 20.7. The van der Waals surface area contributed by atoms with Gasteiger partial charge in [0, 0.05) is 36.3 Å². The number of carbonyl (C=O) groups is 3. The van der Waals surface area contributed by atoms with Gasteiger partial charge in [-0.25, -0.2) is 0 Å². The van der Waals surface area contributed by atoms with Crippen LogP contribution < -0.4 is 14.5 Å². The number of anilines is 2. The minimum Gasteiger partial charge on any atom is -0.497 e. The molecule has 2 amide bonds. The van der Waals surface area contributed by atoms with Crippen LogP contribution in [-0.4, -0.2) is 36.0 Å². The average molecular weight is 487 g/mol. The fourth-order valence-corrected chi connectivity index (χ4v) is 4.86. The third-order valence-electron chi connectivity index (χ3n) is 6.61. The van der Waals surface area contributed by atoms with Crippen LogP contribution >= 0.6 is 0 Å². The van der Waals surface area contributed by atoms with E-state index in [0.29, 0.717) is 24.2 Å². The monoisotopic (exact) mass is 486 g/mol. The number of fused-ring (bicyclic) bond motifs is 1. The Hall–Kier alpha value is -4.13. The first-order chi connectivity index (χ1) is 17.3. The Morgan fingerprint density at radius 1 is 1.00 bits per heavy atom. The van der Waals surface area contributed by atoms with E-state index in [1.165, 1.54) is 0 Å². The summed E-state index contributed by atoms with van der Waals surface area (Å²) in [6.07, 6.45) is 1.06. The second-order valence-electron chi connectivity index (χ2n) is 9.01. The second kappa shape index (κ2) is 10.6. The Morgan fingerprint density at radius 2 is 1.67 bits per heavy atom. The van der Waals surface area contributed by atoms with Gasteiger partial charge >= 0.3 is 5.97 Å². The summed E-state index contributed by atoms with van der Waals surface area (Å²) in [5.74, 6) is -0.362. The molecule has 0 aliphatic carbocycles. The lowest BCUT2D eigenvalue weighted by atomic mass is 9.89. The number of ether oxygens (including phenoxy) is 1. The molecule has 0 saturated carbocycles. The van der Waals surface area contributed by atoms with Gasteiger partial charge in [-0.3, -0.25) is 14.4 Å². The molecule has 1 aliphatic heterocycles. The summed E-state index contributed by atoms with van der Waals surface area (Å²) in [5, 5.41) is 8.95. The molecule has 0 unspecified atom stereocenters. The molecule has 36 heavy (non-hydrogen) atoms. The van der Waals surface area contributed by atoms with Crippen molar-refractivity contribution in [2.45, 2.75) is 45.2 Å². The van der Waals surface area contributed by atoms with E-state index in [9.17, 15) is 14.4 Å². The first kappa shape index (κ1) is 25.0. The molecule has 1 N–H and O–H groups in total. The van der Waals surface area contributed by atoms with Gasteiger partial charge in [0.25, 0.3) is 5.91 Å². The van der Waals surface area contributed by atoms with Gasteiger partial charge in [0.15, 0.2) is 0 Å². The highest BCUT2D eigenvalue weighted by Gasteiger charge is 2.38. The zero-order valence-corrected chi connectivity index (χ0v) is 20.7. The number of para-hydroxylation sites is 1. The lowest BCUT2D eigenvalue weighted by molar-refractivity contribution is -0.137. The van der Waals surface area contributed by atoms with Crippen LogP contribution in [0.2, 0.25) is 0 Å². The Kier molecular flexibility index (Phi) is 7.38. The van der Waals surface area contributed by atoms with Gasteiger partial charge in [-0.2, -0.15) is 0 Å². The zero-order chi connectivity index (χ0) is 25.8. The molecular formula is C29H30N2O5. The Balaban J connectivity index is 1.67. The predicted octanol–water partition coefficient (Wildman–Crippen LogP) is 5.25. The van der Waals surface area contributed by atoms with Crippen molar-refractivity contribution >= 4 is 29.2 Å². The fraction of sp³-hybridized carbons (Fsp3) is 0.276. The Labute approximate surface area is 210 Å². The summed E-state index contributed by atoms with van der Waals surface area (Å²) in [7, 11) is 1.59. The van der Waals surface area contributed by atoms with E-state index in [4.69, 9.17) is 9.84 Å². The van der Waals surface area contributed by atoms with Crippen molar-refractivity contribution in [2.75, 3.05) is 16.9 Å². The first-order valence-electron chi connectivity index (χ1n) is 12.0. The number of carbonyl (C=O) groups excluding carboxylic acids is 2. The summed E-state index contributed by atoms with van der Waals surface area (Å²) in [5.41, 5.74) is 3.90. The van der Waals surface area contributed by atoms with Gasteiger partial charge < -0.3 is 19.6 Å². The van der Waals surface area contributed by atoms with Crippen LogP contribution in [0.4, 0.5) is 11.4 Å². The van der Waals surface area contributed by atoms with Crippen LogP contribution in [0.25, 0.3) is 0 Å². The van der Waals surface area contributed by atoms with Gasteiger partial charge in [0.05, 0.1) is 13.2 Å². The van der Waals surface area contributed by atoms with E-state index in [-0.39, 0.29) is 30.3 Å². The first-order valence-corrected chi connectivity index (χ1v) is 12.0. The molecule has 3 aromatic carbocycles. The van der Waals surface area contributed by atoms with Crippen molar-refractivity contribution in [1.82, 2.24) is 0 Å². The minimum absolute atomic E-state index is 0.0569. The highest BCUT2D eigenvalue weighted by molar-refractivity contribution is 6.07. The number of aliphatic carboxylic acids is 1. The van der Waals surface area contributed by atoms with Gasteiger partial charge in [0.1, 0.15) is 5.75 Å². The molecule has 3 aromatic rings. The molecule has 7 heteroatoms. The summed E-state index contributed by atoms with van der Waals surface area (Å²) < 4.78 is 5.22. The van der Waals surface area contributed by atoms with E-state index >= 15 is 0 Å². The summed E-state index contributed by atoms with van der Waals surface area (Å²) >= 11 is 0. The van der Waals surface area contributed by atoms with Crippen LogP contribution in [0, 0.1) is 0 Å². The fourth-order valence-electron chi connectivity index (χ4n) is 4.86. The maximum absolute atomic E-state index is 13.6. The van der Waals surface area contributed by atoms with Crippen LogP contribution in [0.1, 0.15) is 54.2 Å². The number of hydrogen-bond acceptors (Lipinski definition) is 4. The smallest absolute Gasteiger partial charge is 0.303 e. The van der Waals surface area contributed by atoms with Crippen LogP contribution in [0.3, 0.4) is 0 Å². The predicted molar refractivity (Wildman–Crippen MR) is 139 cm³/mol. The molecule has 7 nitrogen and oxygen atoms in total. The van der Waals surface area contributed by atoms with Crippen molar-refractivity contribution in [3.8, 4) is 5.75 Å². The molecule has 0 fully saturated rings. The van der Waals surface area contributed by atoms with E-state index in [1.54, 1.807) is 48.1 Å². The Bertz CT molecular complexity index is 1250. The van der Waals surface area contributed by atoms with Crippen LogP contribution in [0.5, 0.6) is 5.75 Å². The maximum Gasteiger partial charge on any atom is 0.303 e. The molecule has 1 heterocycles. The van der Waals surface area contributed by atoms with Gasteiger partial charge in [-0.05, 0) is 73.4 Å². The van der Waals surface area contributed by atoms with Crippen LogP contribution in [-0.2, 0) is 16.0 Å². The summed E-state index contributed by atoms with van der Waals surface area (Å²) in [6, 6.07) is 21.8. The number of rotatable bonds is 7. The summed E-state index contributed by atoms with van der Waals surface area (Å²) in [4.78, 5) is 41.0. The number of amides is 2. The standard InChI is InChI=1S/C29H30N2O5/c1-19-18-27(31(20(2)32)23-13-8-21(9-14-23)10-17-28(33)34)25-6-4-5-7-26(25)30(19)29(35)22-11-15-24(36-3)16-12-22/h4-9,11-16,19,27H,10,17-18H2,1-3H3,(H,33,34)/t19-,27-/m1/s1. The summed E-state index contributed by atoms with van der Waals surface area (Å²) in [6.45, 7) is 3.54. The molecule has 0 saturated heterocycles. The topological polar surface area (TPSA) is 87.2 Å². The molecule has 1 aliphatic rings. The molecule has 0 aromatic heterocycles. The van der Waals surface area contributed by atoms with E-state index in [0.717, 1.165) is 22.5 Å². The van der Waals surface area contributed by atoms with E-state index in [2.05, 4.69) is 0 Å². The molecule has 186 valence electrons. The quantitative estimate of drug-likeness (QED) is 0.493. The lowest BCUT2D eigenvalue weighted by Gasteiger charge is -2.43. The minimum atomic E-state index is -0.842. The van der Waals surface area contributed by atoms with E-state index in [1.807, 2.05) is 55.5 Å². The number of aryl methyl sites for hydroxylation is 1. The molecule has 0 radical (unpaired) electrons. The SMILES string of the molecule is COc1ccc(C(=O)N2c3ccccc3[C@H](N(C(C)=O)c3ccc(CCC(=O)O)cc3)C[C@H]2C)cc1. The highest BCUT2D eigenvalue weighted by atomic mass is 16.5. The van der Waals surface area contributed by atoms with Crippen molar-refractivity contribution in [1.29, 1.82) is 0 Å². The number of hydrogen-bond donors (Lipinski definition) is 1. The highest BCUT2D eigenvalue weighted by Crippen LogP contribution is 2.42. The number of carboxylic acid groups (broad SMARTS) is 1. The number of methoxy groups -OCH3 is 1. The lowest BCUT2D eigenvalue weighted by Crippen LogP contribution is -2.47. The molecule has 2 atom stereocenters. The van der Waals surface area contributed by atoms with Crippen molar-refractivity contribution < 1.29 is 24.2 Å². The molecular weight excluding hydrogens is 456 g/mol. The largest absolute Gasteiger partial charge is 0.497 e. The van der Waals surface area contributed by atoms with E-state index < -0.39 is 5.97 Å². The van der Waals surface area contributed by atoms with Crippen molar-refractivity contribution in [2.24, 2.45) is 0 Å². The normalized spacial score (nSPS) is 16.7. The third-order valence-corrected chi connectivity index (χ3v) is 6.61. The van der Waals surface area contributed by atoms with Crippen LogP contribution in [0.15, 0.2) is 72.8 Å². The molecule has 0 bridgehead atoms. The van der Waals surface area contributed by atoms with Crippen molar-refractivity contribution in [3.05, 3.63) is 89.5 Å². The van der Waals surface area contributed by atoms with Gasteiger partial charge in [-0.15, -0.1) is 0 Å². The number of benzene rings is 3. The van der Waals surface area contributed by atoms with Gasteiger partial charge in [0.2, 0.25) is 5.91 Å². The number of nitrogens with zero attached hydrogens (tertiary/aromatic N) is 2.